The number of hydrogen-bond acceptors (Lipinski definition) is 4. The van der Waals surface area contributed by atoms with Crippen LogP contribution in [-0.4, -0.2) is 17.1 Å². The van der Waals surface area contributed by atoms with Gasteiger partial charge in [0.05, 0.1) is 12.3 Å². The molecule has 88 valence electrons. The van der Waals surface area contributed by atoms with Crippen molar-refractivity contribution in [3.8, 4) is 11.4 Å². The molecular formula is C12H12FN3O. The van der Waals surface area contributed by atoms with E-state index < -0.39 is 0 Å². The van der Waals surface area contributed by atoms with Gasteiger partial charge in [-0.1, -0.05) is 0 Å². The van der Waals surface area contributed by atoms with Crippen LogP contribution in [0.15, 0.2) is 30.3 Å². The van der Waals surface area contributed by atoms with Gasteiger partial charge in [-0.15, -0.1) is 0 Å². The number of rotatable bonds is 3. The summed E-state index contributed by atoms with van der Waals surface area (Å²) in [5, 5.41) is 0. The molecule has 0 amide bonds. The van der Waals surface area contributed by atoms with E-state index in [1.54, 1.807) is 25.3 Å². The first-order chi connectivity index (χ1) is 8.19. The van der Waals surface area contributed by atoms with E-state index in [2.05, 4.69) is 9.97 Å². The highest BCUT2D eigenvalue weighted by atomic mass is 19.1. The Bertz CT molecular complexity index is 514. The maximum atomic E-state index is 12.8. The van der Waals surface area contributed by atoms with E-state index in [1.165, 1.54) is 12.1 Å². The molecule has 0 saturated heterocycles. The number of methoxy groups -OCH3 is 1. The lowest BCUT2D eigenvalue weighted by Crippen LogP contribution is -2.01. The molecule has 1 aromatic carbocycles. The third-order valence-electron chi connectivity index (χ3n) is 2.19. The largest absolute Gasteiger partial charge is 0.384 e. The first-order valence-corrected chi connectivity index (χ1v) is 5.07. The monoisotopic (exact) mass is 233 g/mol. The molecule has 0 aliphatic rings. The molecule has 4 nitrogen and oxygen atoms in total. The minimum Gasteiger partial charge on any atom is -0.384 e. The topological polar surface area (TPSA) is 61.0 Å². The summed E-state index contributed by atoms with van der Waals surface area (Å²) < 4.78 is 17.8. The van der Waals surface area contributed by atoms with Crippen molar-refractivity contribution in [3.05, 3.63) is 41.8 Å². The Morgan fingerprint density at radius 1 is 1.24 bits per heavy atom. The summed E-state index contributed by atoms with van der Waals surface area (Å²) in [7, 11) is 1.58. The van der Waals surface area contributed by atoms with Crippen LogP contribution < -0.4 is 5.73 Å². The third-order valence-corrected chi connectivity index (χ3v) is 2.19. The first-order valence-electron chi connectivity index (χ1n) is 5.07. The van der Waals surface area contributed by atoms with Crippen LogP contribution in [0, 0.1) is 5.82 Å². The summed E-state index contributed by atoms with van der Waals surface area (Å²) in [4.78, 5) is 8.39. The van der Waals surface area contributed by atoms with Crippen molar-refractivity contribution in [1.29, 1.82) is 0 Å². The van der Waals surface area contributed by atoms with Gasteiger partial charge in [-0.3, -0.25) is 0 Å². The van der Waals surface area contributed by atoms with Crippen LogP contribution in [0.2, 0.25) is 0 Å². The van der Waals surface area contributed by atoms with Crippen molar-refractivity contribution >= 4 is 5.82 Å². The van der Waals surface area contributed by atoms with Gasteiger partial charge < -0.3 is 10.5 Å². The highest BCUT2D eigenvalue weighted by Crippen LogP contribution is 2.17. The fraction of sp³-hybridized carbons (Fsp3) is 0.167. The molecule has 0 atom stereocenters. The standard InChI is InChI=1S/C12H12FN3O/c1-17-7-10-6-11(14)16-12(15-10)8-2-4-9(13)5-3-8/h2-6H,7H2,1H3,(H2,14,15,16). The molecule has 0 aliphatic carbocycles. The molecule has 0 fully saturated rings. The van der Waals surface area contributed by atoms with E-state index >= 15 is 0 Å². The number of nitrogens with two attached hydrogens (primary N) is 1. The summed E-state index contributed by atoms with van der Waals surface area (Å²) in [6.07, 6.45) is 0. The molecule has 0 saturated carbocycles. The zero-order valence-corrected chi connectivity index (χ0v) is 9.35. The third kappa shape index (κ3) is 2.76. The van der Waals surface area contributed by atoms with Gasteiger partial charge in [-0.05, 0) is 24.3 Å². The van der Waals surface area contributed by atoms with E-state index in [9.17, 15) is 4.39 Å². The van der Waals surface area contributed by atoms with Crippen LogP contribution in [0.25, 0.3) is 11.4 Å². The number of halogens is 1. The van der Waals surface area contributed by atoms with Crippen molar-refractivity contribution in [1.82, 2.24) is 9.97 Å². The Kier molecular flexibility index (Phi) is 3.30. The molecule has 17 heavy (non-hydrogen) atoms. The van der Waals surface area contributed by atoms with Crippen molar-refractivity contribution in [3.63, 3.8) is 0 Å². The van der Waals surface area contributed by atoms with Crippen LogP contribution in [-0.2, 0) is 11.3 Å². The fourth-order valence-electron chi connectivity index (χ4n) is 1.47. The minimum atomic E-state index is -0.297. The first kappa shape index (κ1) is 11.5. The number of aromatic nitrogens is 2. The van der Waals surface area contributed by atoms with Crippen LogP contribution in [0.1, 0.15) is 5.69 Å². The SMILES string of the molecule is COCc1cc(N)nc(-c2ccc(F)cc2)n1. The van der Waals surface area contributed by atoms with E-state index in [0.29, 0.717) is 23.9 Å². The minimum absolute atomic E-state index is 0.297. The van der Waals surface area contributed by atoms with E-state index in [4.69, 9.17) is 10.5 Å². The van der Waals surface area contributed by atoms with Crippen LogP contribution in [0.4, 0.5) is 10.2 Å². The van der Waals surface area contributed by atoms with Crippen LogP contribution >= 0.6 is 0 Å². The van der Waals surface area contributed by atoms with Gasteiger partial charge in [0, 0.05) is 18.7 Å². The summed E-state index contributed by atoms with van der Waals surface area (Å²) in [5.74, 6) is 0.540. The van der Waals surface area contributed by atoms with Crippen molar-refractivity contribution < 1.29 is 9.13 Å². The molecule has 0 radical (unpaired) electrons. The Morgan fingerprint density at radius 3 is 2.59 bits per heavy atom. The van der Waals surface area contributed by atoms with Crippen molar-refractivity contribution in [2.75, 3.05) is 12.8 Å². The molecule has 0 bridgehead atoms. The highest BCUT2D eigenvalue weighted by Gasteiger charge is 2.05. The molecule has 1 heterocycles. The molecule has 1 aromatic heterocycles. The van der Waals surface area contributed by atoms with Gasteiger partial charge in [0.2, 0.25) is 0 Å². The van der Waals surface area contributed by atoms with E-state index in [-0.39, 0.29) is 5.82 Å². The molecular weight excluding hydrogens is 221 g/mol. The number of anilines is 1. The zero-order valence-electron chi connectivity index (χ0n) is 9.35. The second-order valence-corrected chi connectivity index (χ2v) is 3.55. The van der Waals surface area contributed by atoms with E-state index in [0.717, 1.165) is 5.56 Å². The summed E-state index contributed by atoms with van der Waals surface area (Å²) >= 11 is 0. The maximum Gasteiger partial charge on any atom is 0.161 e. The molecule has 2 rings (SSSR count). The molecule has 0 spiro atoms. The molecule has 5 heteroatoms. The molecule has 0 aliphatic heterocycles. The quantitative estimate of drug-likeness (QED) is 0.880. The number of benzene rings is 1. The van der Waals surface area contributed by atoms with Gasteiger partial charge in [-0.2, -0.15) is 0 Å². The van der Waals surface area contributed by atoms with Crippen molar-refractivity contribution in [2.45, 2.75) is 6.61 Å². The normalized spacial score (nSPS) is 10.5. The average molecular weight is 233 g/mol. The van der Waals surface area contributed by atoms with Crippen LogP contribution in [0.5, 0.6) is 0 Å². The number of hydrogen-bond donors (Lipinski definition) is 1. The Hall–Kier alpha value is -2.01. The maximum absolute atomic E-state index is 12.8. The number of nitrogen functional groups attached to an aromatic ring is 1. The zero-order chi connectivity index (χ0) is 12.3. The number of ether oxygens (including phenoxy) is 1. The van der Waals surface area contributed by atoms with Crippen LogP contribution in [0.3, 0.4) is 0 Å². The summed E-state index contributed by atoms with van der Waals surface area (Å²) in [6, 6.07) is 7.59. The molecule has 2 aromatic rings. The van der Waals surface area contributed by atoms with Gasteiger partial charge in [0.15, 0.2) is 5.82 Å². The molecule has 0 unspecified atom stereocenters. The van der Waals surface area contributed by atoms with Gasteiger partial charge in [0.25, 0.3) is 0 Å². The summed E-state index contributed by atoms with van der Waals surface area (Å²) in [5.41, 5.74) is 7.09. The Morgan fingerprint density at radius 2 is 1.94 bits per heavy atom. The predicted octanol–water partition coefficient (Wildman–Crippen LogP) is 2.01. The predicted molar refractivity (Wildman–Crippen MR) is 62.6 cm³/mol. The second-order valence-electron chi connectivity index (χ2n) is 3.55. The number of nitrogens with zero attached hydrogens (tertiary/aromatic N) is 2. The Balaban J connectivity index is 2.40. The smallest absolute Gasteiger partial charge is 0.161 e. The van der Waals surface area contributed by atoms with Gasteiger partial charge in [0.1, 0.15) is 11.6 Å². The lowest BCUT2D eigenvalue weighted by molar-refractivity contribution is 0.181. The summed E-state index contributed by atoms with van der Waals surface area (Å²) in [6.45, 7) is 0.362. The lowest BCUT2D eigenvalue weighted by Gasteiger charge is -2.05. The second kappa shape index (κ2) is 4.88. The Labute approximate surface area is 98.3 Å². The van der Waals surface area contributed by atoms with Crippen molar-refractivity contribution in [2.24, 2.45) is 0 Å². The van der Waals surface area contributed by atoms with Gasteiger partial charge in [-0.25, -0.2) is 14.4 Å². The fourth-order valence-corrected chi connectivity index (χ4v) is 1.47. The average Bonchev–Trinajstić information content (AvgIpc) is 2.29. The van der Waals surface area contributed by atoms with E-state index in [1.807, 2.05) is 0 Å². The van der Waals surface area contributed by atoms with Gasteiger partial charge >= 0.3 is 0 Å². The molecule has 2 N–H and O–H groups in total. The lowest BCUT2D eigenvalue weighted by atomic mass is 10.2. The highest BCUT2D eigenvalue weighted by molar-refractivity contribution is 5.56.